The van der Waals surface area contributed by atoms with E-state index in [2.05, 4.69) is 44.5 Å². The molecule has 97 heavy (non-hydrogen) atoms. The fourth-order valence-electron chi connectivity index (χ4n) is 12.4. The molecule has 4 aliphatic heterocycles. The van der Waals surface area contributed by atoms with E-state index in [1.54, 1.807) is 86.5 Å². The van der Waals surface area contributed by atoms with Crippen LogP contribution in [0.25, 0.3) is 0 Å². The summed E-state index contributed by atoms with van der Waals surface area (Å²) in [5.41, 5.74) is 8.18. The van der Waals surface area contributed by atoms with Gasteiger partial charge in [-0.25, -0.2) is 19.4 Å². The van der Waals surface area contributed by atoms with E-state index in [1.807, 2.05) is 112 Å². The van der Waals surface area contributed by atoms with Gasteiger partial charge in [0, 0.05) is 43.1 Å². The summed E-state index contributed by atoms with van der Waals surface area (Å²) >= 11 is 0. The molecule has 0 spiro atoms. The van der Waals surface area contributed by atoms with Gasteiger partial charge in [-0.15, -0.1) is 0 Å². The van der Waals surface area contributed by atoms with Crippen LogP contribution in [0.15, 0.2) is 121 Å². The van der Waals surface area contributed by atoms with Crippen LogP contribution in [0.4, 0.5) is 21.0 Å². The second-order valence-corrected chi connectivity index (χ2v) is 33.2. The lowest BCUT2D eigenvalue weighted by Gasteiger charge is -2.44. The molecule has 0 saturated carbocycles. The molecule has 19 nitrogen and oxygen atoms in total. The predicted octanol–water partition coefficient (Wildman–Crippen LogP) is 13.9. The highest BCUT2D eigenvalue weighted by Gasteiger charge is 2.51. The van der Waals surface area contributed by atoms with Crippen molar-refractivity contribution in [1.82, 2.24) is 20.4 Å². The van der Waals surface area contributed by atoms with Crippen LogP contribution < -0.4 is 20.4 Å². The van der Waals surface area contributed by atoms with Gasteiger partial charge in [-0.2, -0.15) is 0 Å². The van der Waals surface area contributed by atoms with Gasteiger partial charge >= 0.3 is 12.2 Å². The lowest BCUT2D eigenvalue weighted by molar-refractivity contribution is -0.130. The number of ether oxygens (including phenoxy) is 2. The smallest absolute Gasteiger partial charge is 0.416 e. The maximum Gasteiger partial charge on any atom is 0.416 e. The van der Waals surface area contributed by atoms with Gasteiger partial charge in [0.05, 0.1) is 46.7 Å². The number of rotatable bonds is 22. The molecule has 4 aromatic carbocycles. The molecule has 0 fully saturated rings. The number of carbonyl (C=O) groups excluding carboxylic acids is 8. The summed E-state index contributed by atoms with van der Waals surface area (Å²) < 4.78 is 18.7. The number of amides is 6. The van der Waals surface area contributed by atoms with Gasteiger partial charge in [0.25, 0.3) is 11.8 Å². The van der Waals surface area contributed by atoms with Crippen LogP contribution in [0.1, 0.15) is 175 Å². The van der Waals surface area contributed by atoms with Gasteiger partial charge in [0.15, 0.2) is 32.3 Å². The predicted molar refractivity (Wildman–Crippen MR) is 380 cm³/mol. The van der Waals surface area contributed by atoms with E-state index in [0.717, 1.165) is 33.4 Å². The van der Waals surface area contributed by atoms with Crippen LogP contribution in [-0.2, 0) is 59.1 Å². The Morgan fingerprint density at radius 1 is 0.598 bits per heavy atom. The number of phenols is 1. The number of fused-ring (bicyclic) bond motifs is 4. The first-order chi connectivity index (χ1) is 45.6. The molecule has 8 atom stereocenters. The number of nitrogens with one attached hydrogen (secondary N) is 2. The summed E-state index contributed by atoms with van der Waals surface area (Å²) in [6, 6.07) is 18.5. The van der Waals surface area contributed by atoms with Gasteiger partial charge < -0.3 is 44.5 Å². The largest absolute Gasteiger partial charge is 0.508 e. The van der Waals surface area contributed by atoms with Gasteiger partial charge in [-0.3, -0.25) is 28.8 Å². The van der Waals surface area contributed by atoms with Gasteiger partial charge in [0.2, 0.25) is 11.8 Å². The lowest BCUT2D eigenvalue weighted by atomic mass is 9.92. The molecule has 522 valence electrons. The molecule has 0 saturated heterocycles. The average molecular weight is 1350 g/mol. The van der Waals surface area contributed by atoms with E-state index >= 15 is 0 Å². The van der Waals surface area contributed by atoms with Crippen molar-refractivity contribution in [2.75, 3.05) is 9.80 Å². The van der Waals surface area contributed by atoms with Crippen LogP contribution in [0, 0.1) is 44.4 Å². The minimum atomic E-state index is -2.55. The van der Waals surface area contributed by atoms with Crippen molar-refractivity contribution in [3.05, 3.63) is 171 Å². The van der Waals surface area contributed by atoms with Crippen LogP contribution >= 0.6 is 0 Å². The number of aromatic hydroxyl groups is 1. The number of anilines is 2. The molecule has 0 bridgehead atoms. The molecule has 0 unspecified atom stereocenters. The van der Waals surface area contributed by atoms with Crippen molar-refractivity contribution in [2.45, 2.75) is 217 Å². The molecule has 4 aromatic rings. The number of phenolic OH excluding ortho intramolecular Hbond substituents is 1. The molecule has 0 aliphatic carbocycles. The van der Waals surface area contributed by atoms with E-state index in [1.165, 1.54) is 20.8 Å². The van der Waals surface area contributed by atoms with Crippen molar-refractivity contribution < 1.29 is 62.5 Å². The lowest BCUT2D eigenvalue weighted by Crippen LogP contribution is -2.57. The Kier molecular flexibility index (Phi) is 25.3. The number of nitrogens with zero attached hydrogens (tertiary/aromatic N) is 4. The fraction of sp³-hybridized carbons (Fsp3) is 0.481. The van der Waals surface area contributed by atoms with E-state index in [4.69, 9.17) is 13.9 Å². The molecular weight excluding hydrogens is 1240 g/mol. The van der Waals surface area contributed by atoms with Crippen LogP contribution in [0.3, 0.4) is 0 Å². The van der Waals surface area contributed by atoms with Crippen molar-refractivity contribution in [1.29, 1.82) is 0 Å². The Morgan fingerprint density at radius 3 is 1.41 bits per heavy atom. The highest BCUT2D eigenvalue weighted by Crippen LogP contribution is 2.45. The quantitative estimate of drug-likeness (QED) is 0.0536. The SMILES string of the molecule is C/C=C/C1=CN2C(=O)c3cc(C)c(C)cc3N(C(=O)OCc3ccc(CC(=O)[C@H](C)NC(=O)[C@@H](CC)C(C)C)cc3)[C@@H](O)[C@@H]2C1.C/C=C/C1=CN2C(=O)c3cc(C)c(O)cc3N(C(=O)OCc3ccc(CC(=O)[C@H](C)NC(=O)[C@@H](CC)C(C)C)cc3)[C@@H](O[Si](C)(C)C(C)(C)C)[C@@H]2C1. The van der Waals surface area contributed by atoms with Gasteiger partial charge in [0.1, 0.15) is 19.0 Å². The monoisotopic (exact) mass is 1350 g/mol. The van der Waals surface area contributed by atoms with E-state index in [-0.39, 0.29) is 107 Å². The first kappa shape index (κ1) is 75.9. The average Bonchev–Trinajstić information content (AvgIpc) is 1.62. The number of benzene rings is 4. The van der Waals surface area contributed by atoms with Crippen molar-refractivity contribution in [3.63, 3.8) is 0 Å². The Balaban J connectivity index is 0.000000276. The molecule has 4 aliphatic rings. The second-order valence-electron chi connectivity index (χ2n) is 28.4. The van der Waals surface area contributed by atoms with Crippen LogP contribution in [0.2, 0.25) is 18.1 Å². The Labute approximate surface area is 574 Å². The van der Waals surface area contributed by atoms with Crippen molar-refractivity contribution in [3.8, 4) is 5.75 Å². The van der Waals surface area contributed by atoms with Crippen LogP contribution in [0.5, 0.6) is 5.75 Å². The number of aryl methyl sites for hydroxylation is 3. The van der Waals surface area contributed by atoms with Gasteiger partial charge in [-0.05, 0) is 172 Å². The Hall–Kier alpha value is -8.46. The zero-order valence-corrected chi connectivity index (χ0v) is 61.0. The number of hydrogen-bond acceptors (Lipinski definition) is 13. The molecular formula is C77H102N6O13Si. The molecule has 4 heterocycles. The maximum atomic E-state index is 14.3. The van der Waals surface area contributed by atoms with Crippen LogP contribution in [-0.4, -0.2) is 112 Å². The minimum absolute atomic E-state index is 0.0493. The standard InChI is InChI=1S/C41H57N3O7Si.C36H45N3O6/c1-12-14-30-20-34-39(51-52(10,11)41(7,8)9)44(33-22-35(45)26(5)19-32(33)38(48)43(34)23-30)40(49)50-24-29-17-15-28(16-18-29)21-36(46)27(6)42-37(47)31(13-2)25(3)4;1-8-10-27-17-31-35(43)39(30-16-23(6)22(5)15-29(30)34(42)38(31)19-27)36(44)45-20-26-13-11-25(12-14-26)18-32(40)24(7)37-33(41)28(9-2)21(3)4/h12,14-19,22-23,25,27,31,34,39,45H,13,20-21,24H2,1-11H3,(H,42,47);8,10-16,19,21,24,28,31,35,43H,9,17-18,20H2,1-7H3,(H,37,41)/b14-12+;10-8+/t27-,31-,34-,39-;24-,28-,31-,35-/m00/s1. The van der Waals surface area contributed by atoms with E-state index < -0.39 is 57.1 Å². The molecule has 0 radical (unpaired) electrons. The summed E-state index contributed by atoms with van der Waals surface area (Å²) in [6.45, 7) is 35.1. The first-order valence-electron chi connectivity index (χ1n) is 34.0. The number of aliphatic hydroxyl groups excluding tert-OH is 1. The highest BCUT2D eigenvalue weighted by atomic mass is 28.4. The van der Waals surface area contributed by atoms with Crippen molar-refractivity contribution >= 4 is 67.1 Å². The summed E-state index contributed by atoms with van der Waals surface area (Å²) in [7, 11) is -2.55. The number of aliphatic hydroxyl groups is 1. The normalized spacial score (nSPS) is 19.0. The van der Waals surface area contributed by atoms with E-state index in [9.17, 15) is 48.6 Å². The zero-order valence-electron chi connectivity index (χ0n) is 60.0. The van der Waals surface area contributed by atoms with E-state index in [0.29, 0.717) is 53.6 Å². The minimum Gasteiger partial charge on any atom is -0.508 e. The summed E-state index contributed by atoms with van der Waals surface area (Å²) in [6.07, 6.45) is 10.1. The zero-order chi connectivity index (χ0) is 71.7. The number of Topliss-reactive ketones (excluding diaryl/α,β-unsaturated/α-hetero) is 2. The first-order valence-corrected chi connectivity index (χ1v) is 36.9. The maximum absolute atomic E-state index is 14.3. The number of allylic oxidation sites excluding steroid dienone is 4. The third-order valence-electron chi connectivity index (χ3n) is 19.5. The van der Waals surface area contributed by atoms with Crippen molar-refractivity contribution in [2.24, 2.45) is 23.7 Å². The number of carbonyl (C=O) groups is 8. The second kappa shape index (κ2) is 32.3. The molecule has 6 amide bonds. The Bertz CT molecular complexity index is 3710. The molecule has 8 rings (SSSR count). The summed E-state index contributed by atoms with van der Waals surface area (Å²) in [4.78, 5) is 113. The third-order valence-corrected chi connectivity index (χ3v) is 24.0. The molecule has 4 N–H and O–H groups in total. The highest BCUT2D eigenvalue weighted by molar-refractivity contribution is 6.74. The molecule has 20 heteroatoms. The Morgan fingerprint density at radius 2 is 0.990 bits per heavy atom. The topological polar surface area (TPSA) is 242 Å². The number of hydrogen-bond donors (Lipinski definition) is 4. The molecule has 0 aromatic heterocycles. The summed E-state index contributed by atoms with van der Waals surface area (Å²) in [5, 5.41) is 27.9. The fourth-order valence-corrected chi connectivity index (χ4v) is 13.6. The summed E-state index contributed by atoms with van der Waals surface area (Å²) in [5.74, 6) is -0.924. The third kappa shape index (κ3) is 17.8. The number of ketones is 2. The van der Waals surface area contributed by atoms with Gasteiger partial charge in [-0.1, -0.05) is 135 Å².